The van der Waals surface area contributed by atoms with E-state index in [9.17, 15) is 4.79 Å². The molecular formula is C13H17Cl2NO2. The van der Waals surface area contributed by atoms with Crippen LogP contribution in [0, 0.1) is 0 Å². The standard InChI is InChI=1S/C13H17Cl2NO2/c1-3-10(6-7-14)16-13(17)11-5-4-9(15)8-12(11)18-2/h4-5,8,10H,3,6-7H2,1-2H3,(H,16,17). The normalized spacial score (nSPS) is 12.0. The van der Waals surface area contributed by atoms with Crippen molar-refractivity contribution in [2.75, 3.05) is 13.0 Å². The van der Waals surface area contributed by atoms with Crippen molar-refractivity contribution in [3.8, 4) is 5.75 Å². The highest BCUT2D eigenvalue weighted by Gasteiger charge is 2.15. The molecule has 100 valence electrons. The molecule has 1 unspecified atom stereocenters. The topological polar surface area (TPSA) is 38.3 Å². The van der Waals surface area contributed by atoms with Crippen LogP contribution in [0.3, 0.4) is 0 Å². The first-order valence-electron chi connectivity index (χ1n) is 5.82. The van der Waals surface area contributed by atoms with E-state index in [1.54, 1.807) is 18.2 Å². The van der Waals surface area contributed by atoms with Crippen LogP contribution in [0.4, 0.5) is 0 Å². The lowest BCUT2D eigenvalue weighted by Crippen LogP contribution is -2.34. The summed E-state index contributed by atoms with van der Waals surface area (Å²) in [5.41, 5.74) is 0.481. The number of hydrogen-bond donors (Lipinski definition) is 1. The number of benzene rings is 1. The van der Waals surface area contributed by atoms with Gasteiger partial charge < -0.3 is 10.1 Å². The number of carbonyl (C=O) groups excluding carboxylic acids is 1. The summed E-state index contributed by atoms with van der Waals surface area (Å²) in [5.74, 6) is 0.831. The Hall–Kier alpha value is -0.930. The molecule has 0 spiro atoms. The molecule has 18 heavy (non-hydrogen) atoms. The number of alkyl halides is 1. The number of hydrogen-bond acceptors (Lipinski definition) is 2. The van der Waals surface area contributed by atoms with E-state index < -0.39 is 0 Å². The van der Waals surface area contributed by atoms with E-state index in [4.69, 9.17) is 27.9 Å². The second-order valence-electron chi connectivity index (χ2n) is 3.90. The molecule has 0 aliphatic carbocycles. The van der Waals surface area contributed by atoms with Gasteiger partial charge in [-0.3, -0.25) is 4.79 Å². The monoisotopic (exact) mass is 289 g/mol. The Balaban J connectivity index is 2.83. The van der Waals surface area contributed by atoms with Crippen molar-refractivity contribution in [1.29, 1.82) is 0 Å². The van der Waals surface area contributed by atoms with Crippen molar-refractivity contribution in [1.82, 2.24) is 5.32 Å². The van der Waals surface area contributed by atoms with Crippen molar-refractivity contribution in [3.63, 3.8) is 0 Å². The third-order valence-corrected chi connectivity index (χ3v) is 3.15. The molecule has 1 aromatic carbocycles. The lowest BCUT2D eigenvalue weighted by atomic mass is 10.1. The maximum atomic E-state index is 12.1. The third-order valence-electron chi connectivity index (χ3n) is 2.69. The summed E-state index contributed by atoms with van der Waals surface area (Å²) < 4.78 is 5.15. The van der Waals surface area contributed by atoms with Crippen molar-refractivity contribution in [2.24, 2.45) is 0 Å². The quantitative estimate of drug-likeness (QED) is 0.814. The van der Waals surface area contributed by atoms with Crippen molar-refractivity contribution in [2.45, 2.75) is 25.8 Å². The summed E-state index contributed by atoms with van der Waals surface area (Å²) in [5, 5.41) is 3.47. The summed E-state index contributed by atoms with van der Waals surface area (Å²) in [6, 6.07) is 5.03. The molecule has 0 bridgehead atoms. The third kappa shape index (κ3) is 4.07. The number of rotatable bonds is 6. The molecular weight excluding hydrogens is 273 g/mol. The van der Waals surface area contributed by atoms with Gasteiger partial charge in [-0.05, 0) is 31.0 Å². The molecule has 0 radical (unpaired) electrons. The molecule has 0 aliphatic heterocycles. The molecule has 1 amide bonds. The maximum absolute atomic E-state index is 12.1. The minimum absolute atomic E-state index is 0.0791. The Morgan fingerprint density at radius 1 is 1.50 bits per heavy atom. The van der Waals surface area contributed by atoms with Gasteiger partial charge in [0.15, 0.2) is 0 Å². The number of nitrogens with one attached hydrogen (secondary N) is 1. The van der Waals surface area contributed by atoms with Gasteiger partial charge in [-0.2, -0.15) is 0 Å². The van der Waals surface area contributed by atoms with Crippen molar-refractivity contribution in [3.05, 3.63) is 28.8 Å². The first-order chi connectivity index (χ1) is 8.62. The minimum atomic E-state index is -0.166. The highest BCUT2D eigenvalue weighted by Crippen LogP contribution is 2.23. The van der Waals surface area contributed by atoms with Gasteiger partial charge in [0.05, 0.1) is 12.7 Å². The summed E-state index contributed by atoms with van der Waals surface area (Å²) in [4.78, 5) is 12.1. The largest absolute Gasteiger partial charge is 0.496 e. The summed E-state index contributed by atoms with van der Waals surface area (Å²) in [7, 11) is 1.51. The average Bonchev–Trinajstić information content (AvgIpc) is 2.37. The minimum Gasteiger partial charge on any atom is -0.496 e. The highest BCUT2D eigenvalue weighted by atomic mass is 35.5. The van der Waals surface area contributed by atoms with E-state index in [2.05, 4.69) is 5.32 Å². The van der Waals surface area contributed by atoms with Crippen LogP contribution < -0.4 is 10.1 Å². The van der Waals surface area contributed by atoms with Gasteiger partial charge in [0.1, 0.15) is 5.75 Å². The van der Waals surface area contributed by atoms with E-state index in [1.807, 2.05) is 6.92 Å². The Morgan fingerprint density at radius 2 is 2.22 bits per heavy atom. The van der Waals surface area contributed by atoms with Crippen LogP contribution in [0.15, 0.2) is 18.2 Å². The number of halogens is 2. The van der Waals surface area contributed by atoms with E-state index in [-0.39, 0.29) is 11.9 Å². The lowest BCUT2D eigenvalue weighted by Gasteiger charge is -2.16. The number of methoxy groups -OCH3 is 1. The summed E-state index contributed by atoms with van der Waals surface area (Å²) >= 11 is 11.5. The fraction of sp³-hybridized carbons (Fsp3) is 0.462. The van der Waals surface area contributed by atoms with Crippen molar-refractivity contribution < 1.29 is 9.53 Å². The Kier molecular flexibility index (Phi) is 6.30. The van der Waals surface area contributed by atoms with Gasteiger partial charge in [-0.25, -0.2) is 0 Å². The highest BCUT2D eigenvalue weighted by molar-refractivity contribution is 6.30. The molecule has 0 saturated heterocycles. The van der Waals surface area contributed by atoms with Gasteiger partial charge in [0, 0.05) is 16.9 Å². The fourth-order valence-electron chi connectivity index (χ4n) is 1.63. The Labute approximate surface area is 117 Å². The molecule has 0 aromatic heterocycles. The van der Waals surface area contributed by atoms with E-state index in [0.717, 1.165) is 12.8 Å². The summed E-state index contributed by atoms with van der Waals surface area (Å²) in [6.07, 6.45) is 1.59. The molecule has 0 fully saturated rings. The summed E-state index contributed by atoms with van der Waals surface area (Å²) in [6.45, 7) is 2.01. The SMILES string of the molecule is CCC(CCCl)NC(=O)c1ccc(Cl)cc1OC. The van der Waals surface area contributed by atoms with Gasteiger partial charge in [-0.15, -0.1) is 11.6 Å². The Morgan fingerprint density at radius 3 is 2.78 bits per heavy atom. The molecule has 1 rings (SSSR count). The zero-order valence-electron chi connectivity index (χ0n) is 10.5. The maximum Gasteiger partial charge on any atom is 0.255 e. The molecule has 1 aromatic rings. The number of amides is 1. The predicted octanol–water partition coefficient (Wildman–Crippen LogP) is 3.49. The first kappa shape index (κ1) is 15.1. The van der Waals surface area contributed by atoms with Crippen LogP contribution in [0.25, 0.3) is 0 Å². The van der Waals surface area contributed by atoms with Gasteiger partial charge in [0.25, 0.3) is 5.91 Å². The van der Waals surface area contributed by atoms with Gasteiger partial charge >= 0.3 is 0 Å². The van der Waals surface area contributed by atoms with Crippen LogP contribution >= 0.6 is 23.2 Å². The molecule has 5 heteroatoms. The van der Waals surface area contributed by atoms with E-state index in [1.165, 1.54) is 7.11 Å². The van der Waals surface area contributed by atoms with Crippen LogP contribution in [0.2, 0.25) is 5.02 Å². The first-order valence-corrected chi connectivity index (χ1v) is 6.74. The fourth-order valence-corrected chi connectivity index (χ4v) is 2.05. The zero-order valence-corrected chi connectivity index (χ0v) is 12.0. The molecule has 3 nitrogen and oxygen atoms in total. The predicted molar refractivity (Wildman–Crippen MR) is 74.9 cm³/mol. The zero-order chi connectivity index (χ0) is 13.5. The van der Waals surface area contributed by atoms with Crippen molar-refractivity contribution >= 4 is 29.1 Å². The molecule has 0 saturated carbocycles. The lowest BCUT2D eigenvalue weighted by molar-refractivity contribution is 0.0932. The molecule has 0 heterocycles. The van der Waals surface area contributed by atoms with E-state index in [0.29, 0.717) is 22.2 Å². The second-order valence-corrected chi connectivity index (χ2v) is 4.72. The number of ether oxygens (including phenoxy) is 1. The average molecular weight is 290 g/mol. The molecule has 1 N–H and O–H groups in total. The smallest absolute Gasteiger partial charge is 0.255 e. The van der Waals surface area contributed by atoms with E-state index >= 15 is 0 Å². The van der Waals surface area contributed by atoms with Crippen LogP contribution in [-0.2, 0) is 0 Å². The molecule has 1 atom stereocenters. The van der Waals surface area contributed by atoms with Crippen LogP contribution in [-0.4, -0.2) is 24.9 Å². The second kappa shape index (κ2) is 7.49. The number of carbonyl (C=O) groups is 1. The van der Waals surface area contributed by atoms with Crippen LogP contribution in [0.1, 0.15) is 30.1 Å². The van der Waals surface area contributed by atoms with Gasteiger partial charge in [0.2, 0.25) is 0 Å². The Bertz CT molecular complexity index is 410. The van der Waals surface area contributed by atoms with Crippen LogP contribution in [0.5, 0.6) is 5.75 Å². The van der Waals surface area contributed by atoms with Gasteiger partial charge in [-0.1, -0.05) is 18.5 Å². The molecule has 0 aliphatic rings.